The molecular weight excluding hydrogens is 243 g/mol. The van der Waals surface area contributed by atoms with Gasteiger partial charge in [0.15, 0.2) is 0 Å². The third-order valence-corrected chi connectivity index (χ3v) is 2.65. The summed E-state index contributed by atoms with van der Waals surface area (Å²) in [6, 6.07) is 4.04. The number of benzene rings is 1. The van der Waals surface area contributed by atoms with Crippen molar-refractivity contribution in [2.45, 2.75) is 32.2 Å². The summed E-state index contributed by atoms with van der Waals surface area (Å²) in [6.07, 6.45) is 1.84. The van der Waals surface area contributed by atoms with Crippen LogP contribution in [0.5, 0.6) is 0 Å². The fourth-order valence-electron chi connectivity index (χ4n) is 1.52. The molecule has 0 saturated heterocycles. The van der Waals surface area contributed by atoms with Gasteiger partial charge in [0.25, 0.3) is 0 Å². The van der Waals surface area contributed by atoms with Gasteiger partial charge in [0, 0.05) is 12.5 Å². The zero-order chi connectivity index (χ0) is 12.8. The molecule has 1 amide bonds. The highest BCUT2D eigenvalue weighted by atomic mass is 35.5. The van der Waals surface area contributed by atoms with Gasteiger partial charge in [0.2, 0.25) is 5.91 Å². The lowest BCUT2D eigenvalue weighted by atomic mass is 10.1. The monoisotopic (exact) mass is 258 g/mol. The Morgan fingerprint density at radius 3 is 2.88 bits per heavy atom. The van der Waals surface area contributed by atoms with E-state index in [4.69, 9.17) is 17.3 Å². The number of carbonyl (C=O) groups excluding carboxylic acids is 1. The van der Waals surface area contributed by atoms with Crippen molar-refractivity contribution in [1.82, 2.24) is 0 Å². The molecule has 3 N–H and O–H groups in total. The van der Waals surface area contributed by atoms with Gasteiger partial charge in [0.05, 0.1) is 10.7 Å². The molecular formula is C12H16ClFN2O. The molecule has 17 heavy (non-hydrogen) atoms. The minimum Gasteiger partial charge on any atom is -0.327 e. The minimum atomic E-state index is -0.546. The van der Waals surface area contributed by atoms with Gasteiger partial charge in [-0.2, -0.15) is 0 Å². The standard InChI is InChI=1S/C12H16ClFN2O/c1-2-4-8(15)7-11(17)16-12-9(13)5-3-6-10(12)14/h3,5-6,8H,2,4,7,15H2,1H3,(H,16,17). The van der Waals surface area contributed by atoms with E-state index in [0.717, 1.165) is 12.8 Å². The molecule has 0 bridgehead atoms. The van der Waals surface area contributed by atoms with Crippen molar-refractivity contribution in [2.24, 2.45) is 5.73 Å². The first kappa shape index (κ1) is 13.9. The lowest BCUT2D eigenvalue weighted by Crippen LogP contribution is -2.27. The summed E-state index contributed by atoms with van der Waals surface area (Å²) in [4.78, 5) is 11.6. The molecule has 0 aliphatic carbocycles. The highest BCUT2D eigenvalue weighted by Gasteiger charge is 2.13. The molecule has 94 valence electrons. The van der Waals surface area contributed by atoms with E-state index in [1.165, 1.54) is 18.2 Å². The summed E-state index contributed by atoms with van der Waals surface area (Å²) in [5, 5.41) is 2.62. The van der Waals surface area contributed by atoms with E-state index < -0.39 is 5.82 Å². The fourth-order valence-corrected chi connectivity index (χ4v) is 1.73. The Bertz CT molecular complexity index is 378. The van der Waals surface area contributed by atoms with Gasteiger partial charge >= 0.3 is 0 Å². The van der Waals surface area contributed by atoms with Crippen molar-refractivity contribution in [3.05, 3.63) is 29.0 Å². The van der Waals surface area contributed by atoms with Crippen LogP contribution in [0.3, 0.4) is 0 Å². The third kappa shape index (κ3) is 4.32. The number of rotatable bonds is 5. The molecule has 1 atom stereocenters. The van der Waals surface area contributed by atoms with Crippen molar-refractivity contribution >= 4 is 23.2 Å². The van der Waals surface area contributed by atoms with Gasteiger partial charge in [0.1, 0.15) is 5.82 Å². The number of halogens is 2. The predicted octanol–water partition coefficient (Wildman–Crippen LogP) is 2.94. The Labute approximate surface area is 105 Å². The summed E-state index contributed by atoms with van der Waals surface area (Å²) in [5.74, 6) is -0.868. The number of hydrogen-bond donors (Lipinski definition) is 2. The second-order valence-electron chi connectivity index (χ2n) is 3.90. The molecule has 0 saturated carbocycles. The third-order valence-electron chi connectivity index (χ3n) is 2.33. The van der Waals surface area contributed by atoms with Crippen molar-refractivity contribution in [2.75, 3.05) is 5.32 Å². The van der Waals surface area contributed by atoms with Crippen LogP contribution in [-0.2, 0) is 4.79 Å². The molecule has 0 aliphatic heterocycles. The second kappa shape index (κ2) is 6.57. The summed E-state index contributed by atoms with van der Waals surface area (Å²) in [5.41, 5.74) is 5.74. The van der Waals surface area contributed by atoms with Crippen molar-refractivity contribution < 1.29 is 9.18 Å². The van der Waals surface area contributed by atoms with E-state index in [1.807, 2.05) is 6.92 Å². The highest BCUT2D eigenvalue weighted by molar-refractivity contribution is 6.33. The van der Waals surface area contributed by atoms with Crippen LogP contribution in [0.4, 0.5) is 10.1 Å². The minimum absolute atomic E-state index is 0.0165. The lowest BCUT2D eigenvalue weighted by molar-refractivity contribution is -0.116. The molecule has 0 fully saturated rings. The van der Waals surface area contributed by atoms with E-state index in [9.17, 15) is 9.18 Å². The van der Waals surface area contributed by atoms with Crippen LogP contribution < -0.4 is 11.1 Å². The quantitative estimate of drug-likeness (QED) is 0.853. The molecule has 1 unspecified atom stereocenters. The predicted molar refractivity (Wildman–Crippen MR) is 67.5 cm³/mol. The number of nitrogens with one attached hydrogen (secondary N) is 1. The number of hydrogen-bond acceptors (Lipinski definition) is 2. The van der Waals surface area contributed by atoms with Crippen LogP contribution in [0.15, 0.2) is 18.2 Å². The Morgan fingerprint density at radius 1 is 1.59 bits per heavy atom. The molecule has 1 aromatic carbocycles. The average molecular weight is 259 g/mol. The van der Waals surface area contributed by atoms with Gasteiger partial charge in [-0.05, 0) is 18.6 Å². The molecule has 0 aliphatic rings. The normalized spacial score (nSPS) is 12.2. The Hall–Kier alpha value is -1.13. The number of nitrogens with two attached hydrogens (primary N) is 1. The first-order valence-corrected chi connectivity index (χ1v) is 5.91. The van der Waals surface area contributed by atoms with Gasteiger partial charge < -0.3 is 11.1 Å². The van der Waals surface area contributed by atoms with Crippen LogP contribution in [0, 0.1) is 5.82 Å². The summed E-state index contributed by atoms with van der Waals surface area (Å²) in [7, 11) is 0. The second-order valence-corrected chi connectivity index (χ2v) is 4.30. The first-order chi connectivity index (χ1) is 8.04. The van der Waals surface area contributed by atoms with E-state index in [-0.39, 0.29) is 29.1 Å². The number of para-hydroxylation sites is 1. The molecule has 5 heteroatoms. The van der Waals surface area contributed by atoms with Gasteiger partial charge in [-0.15, -0.1) is 0 Å². The van der Waals surface area contributed by atoms with Crippen LogP contribution in [0.25, 0.3) is 0 Å². The maximum atomic E-state index is 13.4. The molecule has 3 nitrogen and oxygen atoms in total. The molecule has 0 aromatic heterocycles. The van der Waals surface area contributed by atoms with Crippen LogP contribution in [-0.4, -0.2) is 11.9 Å². The number of anilines is 1. The van der Waals surface area contributed by atoms with Crippen LogP contribution in [0.1, 0.15) is 26.2 Å². The van der Waals surface area contributed by atoms with Crippen molar-refractivity contribution in [3.8, 4) is 0 Å². The van der Waals surface area contributed by atoms with Crippen LogP contribution in [0.2, 0.25) is 5.02 Å². The maximum absolute atomic E-state index is 13.4. The highest BCUT2D eigenvalue weighted by Crippen LogP contribution is 2.24. The molecule has 1 aromatic rings. The smallest absolute Gasteiger partial charge is 0.226 e. The molecule has 1 rings (SSSR count). The van der Waals surface area contributed by atoms with Crippen molar-refractivity contribution in [3.63, 3.8) is 0 Å². The van der Waals surface area contributed by atoms with E-state index in [0.29, 0.717) is 0 Å². The zero-order valence-corrected chi connectivity index (χ0v) is 10.4. The average Bonchev–Trinajstić information content (AvgIpc) is 2.24. The van der Waals surface area contributed by atoms with Gasteiger partial charge in [-0.3, -0.25) is 4.79 Å². The van der Waals surface area contributed by atoms with E-state index >= 15 is 0 Å². The van der Waals surface area contributed by atoms with Crippen LogP contribution >= 0.6 is 11.6 Å². The Balaban J connectivity index is 2.62. The summed E-state index contributed by atoms with van der Waals surface area (Å²) in [6.45, 7) is 1.99. The topological polar surface area (TPSA) is 55.1 Å². The largest absolute Gasteiger partial charge is 0.327 e. The van der Waals surface area contributed by atoms with Gasteiger partial charge in [-0.1, -0.05) is 31.0 Å². The fraction of sp³-hybridized carbons (Fsp3) is 0.417. The van der Waals surface area contributed by atoms with Gasteiger partial charge in [-0.25, -0.2) is 4.39 Å². The maximum Gasteiger partial charge on any atom is 0.226 e. The number of amides is 1. The molecule has 0 spiro atoms. The Morgan fingerprint density at radius 2 is 2.29 bits per heavy atom. The zero-order valence-electron chi connectivity index (χ0n) is 9.67. The Kier molecular flexibility index (Phi) is 5.38. The lowest BCUT2D eigenvalue weighted by Gasteiger charge is -2.11. The van der Waals surface area contributed by atoms with E-state index in [2.05, 4.69) is 5.32 Å². The molecule has 0 heterocycles. The first-order valence-electron chi connectivity index (χ1n) is 5.54. The SMILES string of the molecule is CCCC(N)CC(=O)Nc1c(F)cccc1Cl. The summed E-state index contributed by atoms with van der Waals surface area (Å²) >= 11 is 5.79. The molecule has 0 radical (unpaired) electrons. The van der Waals surface area contributed by atoms with Crippen molar-refractivity contribution in [1.29, 1.82) is 0 Å². The van der Waals surface area contributed by atoms with E-state index in [1.54, 1.807) is 0 Å². The summed E-state index contributed by atoms with van der Waals surface area (Å²) < 4.78 is 13.4. The number of carbonyl (C=O) groups is 1.